The van der Waals surface area contributed by atoms with Crippen LogP contribution < -0.4 is 10.2 Å². The van der Waals surface area contributed by atoms with Gasteiger partial charge in [0.15, 0.2) is 0 Å². The minimum Gasteiger partial charge on any atom is -0.379 e. The monoisotopic (exact) mass is 348 g/mol. The highest BCUT2D eigenvalue weighted by molar-refractivity contribution is 5.94. The molecule has 0 radical (unpaired) electrons. The summed E-state index contributed by atoms with van der Waals surface area (Å²) in [5.74, 6) is 0.617. The second kappa shape index (κ2) is 8.55. The zero-order valence-electron chi connectivity index (χ0n) is 15.2. The minimum absolute atomic E-state index is 0.101. The molecule has 2 saturated heterocycles. The first-order valence-corrected chi connectivity index (χ1v) is 8.99. The van der Waals surface area contributed by atoms with Gasteiger partial charge in [0.25, 0.3) is 5.91 Å². The number of nitrogens with one attached hydrogen (secondary N) is 1. The topological polar surface area (TPSA) is 73.8 Å². The Kier molecular flexibility index (Phi) is 6.17. The summed E-state index contributed by atoms with van der Waals surface area (Å²) in [7, 11) is 2.12. The van der Waals surface area contributed by atoms with Crippen LogP contribution in [0.2, 0.25) is 0 Å². The molecular formula is C17H28N6O2. The van der Waals surface area contributed by atoms with Crippen LogP contribution in [0.1, 0.15) is 16.1 Å². The number of ether oxygens (including phenoxy) is 1. The zero-order valence-corrected chi connectivity index (χ0v) is 15.2. The van der Waals surface area contributed by atoms with Crippen molar-refractivity contribution in [3.05, 3.63) is 17.5 Å². The van der Waals surface area contributed by atoms with Crippen LogP contribution in [-0.2, 0) is 4.74 Å². The van der Waals surface area contributed by atoms with Gasteiger partial charge in [-0.2, -0.15) is 0 Å². The van der Waals surface area contributed by atoms with Gasteiger partial charge in [0.2, 0.25) is 5.95 Å². The van der Waals surface area contributed by atoms with Gasteiger partial charge in [0.05, 0.1) is 24.5 Å². The number of morpholine rings is 1. The number of piperazine rings is 1. The largest absolute Gasteiger partial charge is 0.379 e. The Morgan fingerprint density at radius 2 is 1.92 bits per heavy atom. The Balaban J connectivity index is 1.52. The molecule has 1 aromatic heterocycles. The van der Waals surface area contributed by atoms with E-state index < -0.39 is 0 Å². The van der Waals surface area contributed by atoms with E-state index in [9.17, 15) is 4.79 Å². The number of amides is 1. The number of aryl methyl sites for hydroxylation is 1. The first-order valence-electron chi connectivity index (χ1n) is 8.99. The predicted octanol–water partition coefficient (Wildman–Crippen LogP) is -0.401. The van der Waals surface area contributed by atoms with E-state index in [2.05, 4.69) is 37.0 Å². The molecule has 1 amide bonds. The average Bonchev–Trinajstić information content (AvgIpc) is 2.63. The summed E-state index contributed by atoms with van der Waals surface area (Å²) in [6.07, 6.45) is 1.65. The molecule has 2 aliphatic heterocycles. The number of carbonyl (C=O) groups excluding carboxylic acids is 1. The molecule has 25 heavy (non-hydrogen) atoms. The van der Waals surface area contributed by atoms with Crippen molar-refractivity contribution in [3.8, 4) is 0 Å². The molecule has 8 nitrogen and oxygen atoms in total. The SMILES string of the molecule is Cc1nc(N2CCN(C)CC2)ncc1C(=O)NCCN1CCOCC1. The van der Waals surface area contributed by atoms with Gasteiger partial charge in [0.1, 0.15) is 0 Å². The summed E-state index contributed by atoms with van der Waals surface area (Å²) < 4.78 is 5.33. The van der Waals surface area contributed by atoms with Gasteiger partial charge < -0.3 is 19.9 Å². The summed E-state index contributed by atoms with van der Waals surface area (Å²) in [4.78, 5) is 28.1. The molecule has 138 valence electrons. The van der Waals surface area contributed by atoms with Crippen LogP contribution in [0.4, 0.5) is 5.95 Å². The molecule has 0 spiro atoms. The van der Waals surface area contributed by atoms with Crippen LogP contribution in [0, 0.1) is 6.92 Å². The van der Waals surface area contributed by atoms with Gasteiger partial charge in [-0.25, -0.2) is 9.97 Å². The van der Waals surface area contributed by atoms with E-state index in [1.165, 1.54) is 0 Å². The maximum absolute atomic E-state index is 12.4. The van der Waals surface area contributed by atoms with Gasteiger partial charge in [-0.1, -0.05) is 0 Å². The lowest BCUT2D eigenvalue weighted by atomic mass is 10.2. The smallest absolute Gasteiger partial charge is 0.254 e. The van der Waals surface area contributed by atoms with E-state index in [4.69, 9.17) is 4.74 Å². The standard InChI is InChI=1S/C17H28N6O2/c1-14-15(16(24)18-3-4-22-9-11-25-12-10-22)13-19-17(20-14)23-7-5-21(2)6-8-23/h13H,3-12H2,1-2H3,(H,18,24). The second-order valence-corrected chi connectivity index (χ2v) is 6.67. The third kappa shape index (κ3) is 4.87. The number of carbonyl (C=O) groups is 1. The number of rotatable bonds is 5. The lowest BCUT2D eigenvalue weighted by Gasteiger charge is -2.32. The first-order chi connectivity index (χ1) is 12.1. The molecule has 0 aromatic carbocycles. The third-order valence-electron chi connectivity index (χ3n) is 4.81. The zero-order chi connectivity index (χ0) is 17.6. The van der Waals surface area contributed by atoms with Crippen LogP contribution in [-0.4, -0.2) is 98.3 Å². The number of aromatic nitrogens is 2. The number of nitrogens with zero attached hydrogens (tertiary/aromatic N) is 5. The Morgan fingerprint density at radius 1 is 1.20 bits per heavy atom. The summed E-state index contributed by atoms with van der Waals surface area (Å²) in [5, 5.41) is 2.97. The van der Waals surface area contributed by atoms with Crippen molar-refractivity contribution in [2.24, 2.45) is 0 Å². The lowest BCUT2D eigenvalue weighted by molar-refractivity contribution is 0.0383. The van der Waals surface area contributed by atoms with E-state index in [0.717, 1.165) is 70.7 Å². The van der Waals surface area contributed by atoms with Crippen molar-refractivity contribution in [1.82, 2.24) is 25.1 Å². The molecule has 3 rings (SSSR count). The Bertz CT molecular complexity index is 583. The fraction of sp³-hybridized carbons (Fsp3) is 0.706. The summed E-state index contributed by atoms with van der Waals surface area (Å²) in [6, 6.07) is 0. The predicted molar refractivity (Wildman–Crippen MR) is 96.1 cm³/mol. The van der Waals surface area contributed by atoms with Crippen molar-refractivity contribution in [2.45, 2.75) is 6.92 Å². The molecular weight excluding hydrogens is 320 g/mol. The van der Waals surface area contributed by atoms with Crippen molar-refractivity contribution in [2.75, 3.05) is 77.5 Å². The fourth-order valence-electron chi connectivity index (χ4n) is 3.08. The van der Waals surface area contributed by atoms with Gasteiger partial charge in [-0.3, -0.25) is 9.69 Å². The number of anilines is 1. The molecule has 0 unspecified atom stereocenters. The van der Waals surface area contributed by atoms with E-state index in [-0.39, 0.29) is 5.91 Å². The molecule has 3 heterocycles. The molecule has 1 N–H and O–H groups in total. The molecule has 0 saturated carbocycles. The molecule has 0 bridgehead atoms. The number of hydrogen-bond donors (Lipinski definition) is 1. The Hall–Kier alpha value is -1.77. The van der Waals surface area contributed by atoms with E-state index in [1.807, 2.05) is 6.92 Å². The maximum atomic E-state index is 12.4. The molecule has 0 atom stereocenters. The summed E-state index contributed by atoms with van der Waals surface area (Å²) in [5.41, 5.74) is 1.28. The molecule has 1 aromatic rings. The highest BCUT2D eigenvalue weighted by Crippen LogP contribution is 2.13. The molecule has 2 fully saturated rings. The number of likely N-dealkylation sites (N-methyl/N-ethyl adjacent to an activating group) is 1. The summed E-state index contributed by atoms with van der Waals surface area (Å²) in [6.45, 7) is 10.6. The van der Waals surface area contributed by atoms with Crippen LogP contribution in [0.3, 0.4) is 0 Å². The first kappa shape index (κ1) is 18.0. The van der Waals surface area contributed by atoms with E-state index >= 15 is 0 Å². The van der Waals surface area contributed by atoms with Gasteiger partial charge in [0, 0.05) is 58.6 Å². The highest BCUT2D eigenvalue weighted by Gasteiger charge is 2.19. The lowest BCUT2D eigenvalue weighted by Crippen LogP contribution is -2.45. The fourth-order valence-corrected chi connectivity index (χ4v) is 3.08. The molecule has 0 aliphatic carbocycles. The van der Waals surface area contributed by atoms with Crippen LogP contribution in [0.5, 0.6) is 0 Å². The Morgan fingerprint density at radius 3 is 2.60 bits per heavy atom. The van der Waals surface area contributed by atoms with Crippen molar-refractivity contribution in [1.29, 1.82) is 0 Å². The average molecular weight is 348 g/mol. The minimum atomic E-state index is -0.101. The van der Waals surface area contributed by atoms with Gasteiger partial charge in [-0.15, -0.1) is 0 Å². The van der Waals surface area contributed by atoms with Crippen LogP contribution in [0.15, 0.2) is 6.20 Å². The molecule has 2 aliphatic rings. The molecule has 8 heteroatoms. The van der Waals surface area contributed by atoms with Crippen LogP contribution in [0.25, 0.3) is 0 Å². The summed E-state index contributed by atoms with van der Waals surface area (Å²) >= 11 is 0. The Labute approximate surface area is 149 Å². The normalized spacial score (nSPS) is 19.8. The van der Waals surface area contributed by atoms with Gasteiger partial charge >= 0.3 is 0 Å². The quantitative estimate of drug-likeness (QED) is 0.776. The van der Waals surface area contributed by atoms with Crippen molar-refractivity contribution < 1.29 is 9.53 Å². The van der Waals surface area contributed by atoms with E-state index in [0.29, 0.717) is 12.1 Å². The van der Waals surface area contributed by atoms with Crippen LogP contribution >= 0.6 is 0 Å². The van der Waals surface area contributed by atoms with Crippen molar-refractivity contribution >= 4 is 11.9 Å². The maximum Gasteiger partial charge on any atom is 0.254 e. The second-order valence-electron chi connectivity index (χ2n) is 6.67. The van der Waals surface area contributed by atoms with Crippen molar-refractivity contribution in [3.63, 3.8) is 0 Å². The van der Waals surface area contributed by atoms with Gasteiger partial charge in [-0.05, 0) is 14.0 Å². The van der Waals surface area contributed by atoms with E-state index in [1.54, 1.807) is 6.20 Å². The highest BCUT2D eigenvalue weighted by atomic mass is 16.5. The third-order valence-corrected chi connectivity index (χ3v) is 4.81. The number of hydrogen-bond acceptors (Lipinski definition) is 7.